The molecule has 6 rings (SSSR count). The van der Waals surface area contributed by atoms with Crippen LogP contribution >= 0.6 is 0 Å². The van der Waals surface area contributed by atoms with E-state index in [1.165, 1.54) is 0 Å². The molecular formula is C33H29N5O2. The lowest BCUT2D eigenvalue weighted by Gasteiger charge is -2.21. The third-order valence-electron chi connectivity index (χ3n) is 7.16. The molecule has 40 heavy (non-hydrogen) atoms. The molecular weight excluding hydrogens is 498 g/mol. The summed E-state index contributed by atoms with van der Waals surface area (Å²) in [6.45, 7) is 2.55. The highest BCUT2D eigenvalue weighted by molar-refractivity contribution is 5.98. The van der Waals surface area contributed by atoms with E-state index in [0.717, 1.165) is 55.7 Å². The van der Waals surface area contributed by atoms with Crippen LogP contribution in [0.5, 0.6) is 5.75 Å². The summed E-state index contributed by atoms with van der Waals surface area (Å²) in [5.41, 5.74) is 8.51. The summed E-state index contributed by atoms with van der Waals surface area (Å²) in [5.74, 6) is 0.183. The van der Waals surface area contributed by atoms with E-state index < -0.39 is 6.10 Å². The number of nitrogens with one attached hydrogen (secondary N) is 2. The van der Waals surface area contributed by atoms with E-state index in [4.69, 9.17) is 4.98 Å². The second-order valence-electron chi connectivity index (χ2n) is 9.87. The van der Waals surface area contributed by atoms with E-state index in [0.29, 0.717) is 6.54 Å². The first-order valence-electron chi connectivity index (χ1n) is 13.2. The minimum Gasteiger partial charge on any atom is -0.508 e. The Kier molecular flexibility index (Phi) is 7.06. The molecule has 3 aromatic carbocycles. The van der Waals surface area contributed by atoms with Gasteiger partial charge < -0.3 is 15.5 Å². The van der Waals surface area contributed by atoms with E-state index in [1.807, 2.05) is 37.4 Å². The first kappa shape index (κ1) is 25.4. The van der Waals surface area contributed by atoms with Gasteiger partial charge in [0.1, 0.15) is 5.75 Å². The molecule has 0 radical (unpaired) electrons. The number of aromatic hydroxyl groups is 1. The summed E-state index contributed by atoms with van der Waals surface area (Å²) in [6, 6.07) is 29.2. The summed E-state index contributed by atoms with van der Waals surface area (Å²) in [4.78, 5) is 9.75. The minimum atomic E-state index is -0.684. The number of rotatable bonds is 8. The predicted molar refractivity (Wildman–Crippen MR) is 157 cm³/mol. The number of aliphatic hydroxyl groups excluding tert-OH is 1. The maximum absolute atomic E-state index is 10.7. The molecule has 0 saturated carbocycles. The number of pyridine rings is 2. The molecule has 198 valence electrons. The Morgan fingerprint density at radius 3 is 2.35 bits per heavy atom. The predicted octanol–water partition coefficient (Wildman–Crippen LogP) is 6.27. The van der Waals surface area contributed by atoms with Crippen molar-refractivity contribution in [1.82, 2.24) is 25.5 Å². The number of nitrogens with zero attached hydrogens (tertiary/aromatic N) is 3. The third kappa shape index (κ3) is 5.20. The van der Waals surface area contributed by atoms with Crippen LogP contribution in [0.1, 0.15) is 24.2 Å². The number of phenols is 1. The molecule has 7 nitrogen and oxygen atoms in total. The number of hydrogen-bond acceptors (Lipinski definition) is 6. The van der Waals surface area contributed by atoms with Crippen LogP contribution in [-0.4, -0.2) is 36.4 Å². The maximum Gasteiger partial charge on any atom is 0.115 e. The molecule has 6 aromatic rings. The highest BCUT2D eigenvalue weighted by atomic mass is 16.3. The molecule has 3 aromatic heterocycles. The molecule has 0 aliphatic rings. The van der Waals surface area contributed by atoms with E-state index in [1.54, 1.807) is 36.7 Å². The van der Waals surface area contributed by atoms with Crippen LogP contribution in [0.2, 0.25) is 0 Å². The van der Waals surface area contributed by atoms with Crippen LogP contribution in [-0.2, 0) is 6.54 Å². The zero-order valence-electron chi connectivity index (χ0n) is 22.0. The summed E-state index contributed by atoms with van der Waals surface area (Å²) < 4.78 is 0. The van der Waals surface area contributed by atoms with Gasteiger partial charge >= 0.3 is 0 Å². The number of aromatic amines is 1. The Morgan fingerprint density at radius 1 is 0.850 bits per heavy atom. The molecule has 0 saturated heterocycles. The first-order chi connectivity index (χ1) is 19.6. The standard InChI is InChI=1S/C33H29N5O2/c1-21(33(40)25-11-13-27(39)14-12-25)35-18-22-7-9-24(10-8-22)32-28(23-5-3-2-4-6-23)17-29-30(38-32)15-16-34-31(29)26-19-36-37-20-26/h2-17,19-21,33,35,39-40H,18H2,1H3,(H,36,37). The first-order valence-corrected chi connectivity index (χ1v) is 13.2. The summed E-state index contributed by atoms with van der Waals surface area (Å²) in [7, 11) is 0. The molecule has 0 aliphatic heterocycles. The van der Waals surface area contributed by atoms with Gasteiger partial charge in [0.15, 0.2) is 0 Å². The van der Waals surface area contributed by atoms with Crippen LogP contribution in [0.25, 0.3) is 44.5 Å². The van der Waals surface area contributed by atoms with Crippen LogP contribution in [0.3, 0.4) is 0 Å². The smallest absolute Gasteiger partial charge is 0.115 e. The summed E-state index contributed by atoms with van der Waals surface area (Å²) in [6.07, 6.45) is 4.72. The molecule has 0 bridgehead atoms. The van der Waals surface area contributed by atoms with Gasteiger partial charge in [-0.2, -0.15) is 5.10 Å². The molecule has 7 heteroatoms. The molecule has 0 fully saturated rings. The van der Waals surface area contributed by atoms with E-state index >= 15 is 0 Å². The molecule has 0 aliphatic carbocycles. The van der Waals surface area contributed by atoms with E-state index in [-0.39, 0.29) is 11.8 Å². The van der Waals surface area contributed by atoms with Crippen LogP contribution in [0.15, 0.2) is 110 Å². The molecule has 2 atom stereocenters. The third-order valence-corrected chi connectivity index (χ3v) is 7.16. The second kappa shape index (κ2) is 11.1. The number of H-pyrrole nitrogens is 1. The average Bonchev–Trinajstić information content (AvgIpc) is 3.55. The van der Waals surface area contributed by atoms with Gasteiger partial charge in [-0.05, 0) is 47.9 Å². The Labute approximate surface area is 232 Å². The van der Waals surface area contributed by atoms with Crippen molar-refractivity contribution >= 4 is 10.9 Å². The number of benzene rings is 3. The largest absolute Gasteiger partial charge is 0.508 e. The Hall–Kier alpha value is -4.85. The van der Waals surface area contributed by atoms with Gasteiger partial charge in [-0.1, -0.05) is 66.7 Å². The fourth-order valence-electron chi connectivity index (χ4n) is 4.90. The lowest BCUT2D eigenvalue weighted by Crippen LogP contribution is -2.31. The Balaban J connectivity index is 1.29. The van der Waals surface area contributed by atoms with Crippen molar-refractivity contribution in [2.45, 2.75) is 25.6 Å². The zero-order valence-corrected chi connectivity index (χ0v) is 22.0. The van der Waals surface area contributed by atoms with E-state index in [9.17, 15) is 10.2 Å². The van der Waals surface area contributed by atoms with Crippen LogP contribution in [0, 0.1) is 0 Å². The number of hydrogen-bond donors (Lipinski definition) is 4. The number of aromatic nitrogens is 4. The quantitative estimate of drug-likeness (QED) is 0.186. The van der Waals surface area contributed by atoms with Gasteiger partial charge in [-0.15, -0.1) is 0 Å². The summed E-state index contributed by atoms with van der Waals surface area (Å²) in [5, 5.41) is 31.6. The van der Waals surface area contributed by atoms with Crippen molar-refractivity contribution in [2.75, 3.05) is 0 Å². The van der Waals surface area contributed by atoms with Crippen molar-refractivity contribution < 1.29 is 10.2 Å². The van der Waals surface area contributed by atoms with Gasteiger partial charge in [-0.25, -0.2) is 4.98 Å². The molecule has 0 spiro atoms. The van der Waals surface area contributed by atoms with Crippen LogP contribution in [0.4, 0.5) is 0 Å². The van der Waals surface area contributed by atoms with Crippen molar-refractivity contribution in [1.29, 1.82) is 0 Å². The summed E-state index contributed by atoms with van der Waals surface area (Å²) >= 11 is 0. The van der Waals surface area contributed by atoms with Gasteiger partial charge in [0.2, 0.25) is 0 Å². The fourth-order valence-corrected chi connectivity index (χ4v) is 4.90. The highest BCUT2D eigenvalue weighted by Crippen LogP contribution is 2.36. The topological polar surface area (TPSA) is 107 Å². The molecule has 3 heterocycles. The monoisotopic (exact) mass is 527 g/mol. The average molecular weight is 528 g/mol. The van der Waals surface area contributed by atoms with Gasteiger partial charge in [0.25, 0.3) is 0 Å². The van der Waals surface area contributed by atoms with Crippen molar-refractivity contribution in [3.8, 4) is 39.4 Å². The number of phenolic OH excluding ortho intramolecular Hbond substituents is 1. The molecule has 4 N–H and O–H groups in total. The second-order valence-corrected chi connectivity index (χ2v) is 9.87. The van der Waals surface area contributed by atoms with Crippen LogP contribution < -0.4 is 5.32 Å². The van der Waals surface area contributed by atoms with Gasteiger partial charge in [0.05, 0.1) is 29.2 Å². The maximum atomic E-state index is 10.7. The highest BCUT2D eigenvalue weighted by Gasteiger charge is 2.17. The SMILES string of the molecule is CC(NCc1ccc(-c2nc3ccnc(-c4cn[nH]c4)c3cc2-c2ccccc2)cc1)C(O)c1ccc(O)cc1. The normalized spacial score (nSPS) is 12.8. The number of aliphatic hydroxyl groups is 1. The van der Waals surface area contributed by atoms with Gasteiger partial charge in [0, 0.05) is 47.1 Å². The Morgan fingerprint density at radius 2 is 1.62 bits per heavy atom. The zero-order chi connectivity index (χ0) is 27.5. The molecule has 2 unspecified atom stereocenters. The lowest BCUT2D eigenvalue weighted by atomic mass is 9.96. The van der Waals surface area contributed by atoms with Crippen molar-refractivity contribution in [3.63, 3.8) is 0 Å². The Bertz CT molecular complexity index is 1720. The van der Waals surface area contributed by atoms with Crippen molar-refractivity contribution in [2.24, 2.45) is 0 Å². The number of fused-ring (bicyclic) bond motifs is 1. The van der Waals surface area contributed by atoms with Crippen molar-refractivity contribution in [3.05, 3.63) is 121 Å². The van der Waals surface area contributed by atoms with Gasteiger partial charge in [-0.3, -0.25) is 10.1 Å². The fraction of sp³-hybridized carbons (Fsp3) is 0.121. The minimum absolute atomic E-state index is 0.172. The lowest BCUT2D eigenvalue weighted by molar-refractivity contribution is 0.135. The molecule has 0 amide bonds. The van der Waals surface area contributed by atoms with E-state index in [2.05, 4.69) is 63.0 Å².